The fourth-order valence-corrected chi connectivity index (χ4v) is 2.76. The van der Waals surface area contributed by atoms with Crippen molar-refractivity contribution in [3.8, 4) is 28.6 Å². The normalized spacial score (nSPS) is 13.1. The van der Waals surface area contributed by atoms with Crippen LogP contribution in [0, 0.1) is 4.77 Å². The molecule has 0 spiro atoms. The first-order valence-corrected chi connectivity index (χ1v) is 7.70. The molecule has 8 heteroatoms. The Labute approximate surface area is 141 Å². The summed E-state index contributed by atoms with van der Waals surface area (Å²) < 4.78 is 13.5. The lowest BCUT2D eigenvalue weighted by atomic mass is 10.2. The molecule has 1 aromatic carbocycles. The van der Waals surface area contributed by atoms with Gasteiger partial charge in [-0.25, -0.2) is 4.98 Å². The fourth-order valence-electron chi connectivity index (χ4n) is 2.41. The van der Waals surface area contributed by atoms with Crippen molar-refractivity contribution in [2.75, 3.05) is 13.2 Å². The van der Waals surface area contributed by atoms with E-state index >= 15 is 0 Å². The SMILES string of the molecule is S=c1[nH]nc(-c2ccc(Cl)nc2)n1-c1ccc2c(c1)OCCO2. The smallest absolute Gasteiger partial charge is 0.200 e. The largest absolute Gasteiger partial charge is 0.486 e. The Bertz CT molecular complexity index is 920. The van der Waals surface area contributed by atoms with Gasteiger partial charge < -0.3 is 9.47 Å². The van der Waals surface area contributed by atoms with Crippen molar-refractivity contribution in [3.05, 3.63) is 46.5 Å². The zero-order valence-electron chi connectivity index (χ0n) is 11.8. The van der Waals surface area contributed by atoms with Crippen LogP contribution in [0.3, 0.4) is 0 Å². The lowest BCUT2D eigenvalue weighted by molar-refractivity contribution is 0.171. The van der Waals surface area contributed by atoms with E-state index in [1.54, 1.807) is 12.3 Å². The Morgan fingerprint density at radius 1 is 1.13 bits per heavy atom. The molecule has 0 atom stereocenters. The molecule has 4 rings (SSSR count). The minimum absolute atomic E-state index is 0.425. The van der Waals surface area contributed by atoms with Crippen LogP contribution < -0.4 is 9.47 Å². The van der Waals surface area contributed by atoms with Crippen LogP contribution in [-0.2, 0) is 0 Å². The number of hydrogen-bond donors (Lipinski definition) is 1. The maximum absolute atomic E-state index is 5.84. The van der Waals surface area contributed by atoms with E-state index in [4.69, 9.17) is 33.3 Å². The third kappa shape index (κ3) is 2.58. The molecule has 1 aliphatic rings. The number of hydrogen-bond acceptors (Lipinski definition) is 5. The summed E-state index contributed by atoms with van der Waals surface area (Å²) >= 11 is 11.2. The fraction of sp³-hybridized carbons (Fsp3) is 0.133. The summed E-state index contributed by atoms with van der Waals surface area (Å²) in [6.07, 6.45) is 1.65. The first kappa shape index (κ1) is 14.2. The monoisotopic (exact) mass is 346 g/mol. The molecule has 0 amide bonds. The number of H-pyrrole nitrogens is 1. The molecule has 1 aliphatic heterocycles. The lowest BCUT2D eigenvalue weighted by Gasteiger charge is -2.19. The molecule has 6 nitrogen and oxygen atoms in total. The molecule has 0 saturated heterocycles. The van der Waals surface area contributed by atoms with Gasteiger partial charge in [-0.2, -0.15) is 5.10 Å². The highest BCUT2D eigenvalue weighted by Gasteiger charge is 2.16. The molecule has 0 saturated carbocycles. The molecule has 0 bridgehead atoms. The Kier molecular flexibility index (Phi) is 3.51. The molecular formula is C15H11ClN4O2S. The quantitative estimate of drug-likeness (QED) is 0.569. The van der Waals surface area contributed by atoms with Crippen LogP contribution in [0.5, 0.6) is 11.5 Å². The molecule has 23 heavy (non-hydrogen) atoms. The van der Waals surface area contributed by atoms with E-state index in [0.717, 1.165) is 17.0 Å². The average Bonchev–Trinajstić information content (AvgIpc) is 2.97. The van der Waals surface area contributed by atoms with Gasteiger partial charge in [-0.3, -0.25) is 9.67 Å². The van der Waals surface area contributed by atoms with Gasteiger partial charge in [0.25, 0.3) is 0 Å². The standard InChI is InChI=1S/C15H11ClN4O2S/c16-13-4-1-9(8-17-13)14-18-19-15(23)20(14)10-2-3-11-12(7-10)22-6-5-21-11/h1-4,7-8H,5-6H2,(H,19,23). The summed E-state index contributed by atoms with van der Waals surface area (Å²) in [6.45, 7) is 1.08. The van der Waals surface area contributed by atoms with Crippen molar-refractivity contribution in [2.24, 2.45) is 0 Å². The number of rotatable bonds is 2. The molecule has 2 aromatic heterocycles. The van der Waals surface area contributed by atoms with Crippen molar-refractivity contribution in [1.82, 2.24) is 19.7 Å². The Balaban J connectivity index is 1.85. The molecule has 0 fully saturated rings. The number of ether oxygens (including phenoxy) is 2. The summed E-state index contributed by atoms with van der Waals surface area (Å²) in [7, 11) is 0. The topological polar surface area (TPSA) is 65.0 Å². The zero-order chi connectivity index (χ0) is 15.8. The number of aromatic nitrogens is 4. The Morgan fingerprint density at radius 2 is 1.96 bits per heavy atom. The van der Waals surface area contributed by atoms with Crippen molar-refractivity contribution < 1.29 is 9.47 Å². The second-order valence-corrected chi connectivity index (χ2v) is 5.66. The van der Waals surface area contributed by atoms with Gasteiger partial charge in [0.05, 0.1) is 5.69 Å². The summed E-state index contributed by atoms with van der Waals surface area (Å²) in [5.41, 5.74) is 1.63. The van der Waals surface area contributed by atoms with Crippen LogP contribution in [0.15, 0.2) is 36.5 Å². The predicted molar refractivity (Wildman–Crippen MR) is 88.0 cm³/mol. The lowest BCUT2D eigenvalue weighted by Crippen LogP contribution is -2.15. The Morgan fingerprint density at radius 3 is 2.74 bits per heavy atom. The van der Waals surface area contributed by atoms with Crippen molar-refractivity contribution in [3.63, 3.8) is 0 Å². The van der Waals surface area contributed by atoms with Crippen LogP contribution in [0.1, 0.15) is 0 Å². The van der Waals surface area contributed by atoms with Gasteiger partial charge >= 0.3 is 0 Å². The van der Waals surface area contributed by atoms with Gasteiger partial charge in [0, 0.05) is 17.8 Å². The summed E-state index contributed by atoms with van der Waals surface area (Å²) in [5, 5.41) is 7.53. The van der Waals surface area contributed by atoms with Crippen molar-refractivity contribution in [1.29, 1.82) is 0 Å². The molecule has 116 valence electrons. The number of pyridine rings is 1. The molecule has 1 N–H and O–H groups in total. The number of nitrogens with zero attached hydrogens (tertiary/aromatic N) is 3. The zero-order valence-corrected chi connectivity index (χ0v) is 13.4. The van der Waals surface area contributed by atoms with Crippen LogP contribution in [0.2, 0.25) is 5.15 Å². The third-order valence-electron chi connectivity index (χ3n) is 3.44. The minimum atomic E-state index is 0.425. The second kappa shape index (κ2) is 5.68. The maximum Gasteiger partial charge on any atom is 0.200 e. The first-order chi connectivity index (χ1) is 11.2. The highest BCUT2D eigenvalue weighted by Crippen LogP contribution is 2.33. The van der Waals surface area contributed by atoms with Crippen LogP contribution >= 0.6 is 23.8 Å². The molecule has 3 heterocycles. The molecule has 0 radical (unpaired) electrons. The number of benzene rings is 1. The number of fused-ring (bicyclic) bond motifs is 1. The highest BCUT2D eigenvalue weighted by atomic mass is 35.5. The average molecular weight is 347 g/mol. The summed E-state index contributed by atoms with van der Waals surface area (Å²) in [5.74, 6) is 2.07. The van der Waals surface area contributed by atoms with E-state index in [-0.39, 0.29) is 0 Å². The van der Waals surface area contributed by atoms with Gasteiger partial charge in [0.15, 0.2) is 22.1 Å². The minimum Gasteiger partial charge on any atom is -0.486 e. The van der Waals surface area contributed by atoms with Gasteiger partial charge in [0.2, 0.25) is 0 Å². The van der Waals surface area contributed by atoms with E-state index in [1.807, 2.05) is 28.8 Å². The van der Waals surface area contributed by atoms with E-state index in [9.17, 15) is 0 Å². The van der Waals surface area contributed by atoms with Gasteiger partial charge in [-0.05, 0) is 36.5 Å². The molecule has 3 aromatic rings. The third-order valence-corrected chi connectivity index (χ3v) is 3.94. The van der Waals surface area contributed by atoms with Crippen LogP contribution in [0.4, 0.5) is 0 Å². The first-order valence-electron chi connectivity index (χ1n) is 6.92. The van der Waals surface area contributed by atoms with E-state index < -0.39 is 0 Å². The van der Waals surface area contributed by atoms with Crippen LogP contribution in [0.25, 0.3) is 17.1 Å². The van der Waals surface area contributed by atoms with Crippen LogP contribution in [-0.4, -0.2) is 33.0 Å². The molecule has 0 aliphatic carbocycles. The number of nitrogens with one attached hydrogen (secondary N) is 1. The highest BCUT2D eigenvalue weighted by molar-refractivity contribution is 7.71. The van der Waals surface area contributed by atoms with E-state index in [0.29, 0.717) is 34.7 Å². The molecular weight excluding hydrogens is 336 g/mol. The van der Waals surface area contributed by atoms with Crippen molar-refractivity contribution >= 4 is 23.8 Å². The van der Waals surface area contributed by atoms with Gasteiger partial charge in [-0.15, -0.1) is 0 Å². The van der Waals surface area contributed by atoms with Gasteiger partial charge in [0.1, 0.15) is 18.4 Å². The summed E-state index contributed by atoms with van der Waals surface area (Å²) in [6, 6.07) is 9.21. The predicted octanol–water partition coefficient (Wildman–Crippen LogP) is 3.42. The second-order valence-electron chi connectivity index (χ2n) is 4.89. The number of aromatic amines is 1. The van der Waals surface area contributed by atoms with Gasteiger partial charge in [-0.1, -0.05) is 11.6 Å². The molecule has 0 unspecified atom stereocenters. The Hall–Kier alpha value is -2.38. The number of halogens is 1. The van der Waals surface area contributed by atoms with E-state index in [1.165, 1.54) is 0 Å². The maximum atomic E-state index is 5.84. The summed E-state index contributed by atoms with van der Waals surface area (Å²) in [4.78, 5) is 4.09. The van der Waals surface area contributed by atoms with E-state index in [2.05, 4.69) is 15.2 Å². The van der Waals surface area contributed by atoms with Crippen molar-refractivity contribution in [2.45, 2.75) is 0 Å².